The molecule has 0 saturated carbocycles. The molecule has 1 aromatic carbocycles. The molecule has 0 atom stereocenters. The summed E-state index contributed by atoms with van der Waals surface area (Å²) in [6.45, 7) is 10.8. The van der Waals surface area contributed by atoms with Gasteiger partial charge in [-0.25, -0.2) is 4.98 Å². The summed E-state index contributed by atoms with van der Waals surface area (Å²) in [5.74, 6) is 1.16. The summed E-state index contributed by atoms with van der Waals surface area (Å²) in [5.41, 5.74) is 5.15. The quantitative estimate of drug-likeness (QED) is 0.862. The molecule has 0 aliphatic carbocycles. The molecule has 0 radical (unpaired) electrons. The molecule has 1 aromatic heterocycles. The average Bonchev–Trinajstić information content (AvgIpc) is 2.79. The Kier molecular flexibility index (Phi) is 3.17. The van der Waals surface area contributed by atoms with Crippen LogP contribution in [0.1, 0.15) is 43.5 Å². The summed E-state index contributed by atoms with van der Waals surface area (Å²) >= 11 is 0. The van der Waals surface area contributed by atoms with E-state index in [1.54, 1.807) is 0 Å². The first-order chi connectivity index (χ1) is 9.47. The molecule has 106 valence electrons. The zero-order valence-corrected chi connectivity index (χ0v) is 12.8. The largest absolute Gasteiger partial charge is 0.311 e. The third-order valence-corrected chi connectivity index (χ3v) is 3.85. The Labute approximate surface area is 121 Å². The van der Waals surface area contributed by atoms with Gasteiger partial charge in [-0.1, -0.05) is 38.5 Å². The van der Waals surface area contributed by atoms with Gasteiger partial charge in [-0.3, -0.25) is 4.57 Å². The Morgan fingerprint density at radius 1 is 1.15 bits per heavy atom. The van der Waals surface area contributed by atoms with E-state index >= 15 is 0 Å². The van der Waals surface area contributed by atoms with Gasteiger partial charge in [-0.2, -0.15) is 0 Å². The van der Waals surface area contributed by atoms with E-state index in [2.05, 4.69) is 61.8 Å². The van der Waals surface area contributed by atoms with Crippen molar-refractivity contribution in [2.45, 2.75) is 46.1 Å². The average molecular weight is 269 g/mol. The lowest BCUT2D eigenvalue weighted by Gasteiger charge is -2.22. The molecule has 0 amide bonds. The van der Waals surface area contributed by atoms with Crippen molar-refractivity contribution >= 4 is 0 Å². The third-order valence-electron chi connectivity index (χ3n) is 3.85. The highest BCUT2D eigenvalue weighted by molar-refractivity contribution is 5.41. The molecule has 1 aliphatic rings. The second-order valence-corrected chi connectivity index (χ2v) is 6.68. The van der Waals surface area contributed by atoms with Crippen LogP contribution in [0.4, 0.5) is 0 Å². The molecule has 0 bridgehead atoms. The second kappa shape index (κ2) is 4.74. The fraction of sp³-hybridized carbons (Fsp3) is 0.471. The van der Waals surface area contributed by atoms with Gasteiger partial charge in [0.15, 0.2) is 0 Å². The highest BCUT2D eigenvalue weighted by atomic mass is 15.1. The van der Waals surface area contributed by atoms with Gasteiger partial charge < -0.3 is 5.32 Å². The maximum absolute atomic E-state index is 4.92. The maximum Gasteiger partial charge on any atom is 0.119 e. The smallest absolute Gasteiger partial charge is 0.119 e. The van der Waals surface area contributed by atoms with E-state index in [9.17, 15) is 0 Å². The lowest BCUT2D eigenvalue weighted by atomic mass is 9.95. The molecule has 0 unspecified atom stereocenters. The van der Waals surface area contributed by atoms with Crippen LogP contribution < -0.4 is 5.32 Å². The van der Waals surface area contributed by atoms with Crippen LogP contribution >= 0.6 is 0 Å². The molecular weight excluding hydrogens is 246 g/mol. The molecule has 1 aliphatic heterocycles. The minimum Gasteiger partial charge on any atom is -0.311 e. The highest BCUT2D eigenvalue weighted by Gasteiger charge is 2.27. The summed E-state index contributed by atoms with van der Waals surface area (Å²) in [7, 11) is 0. The number of nitrogens with one attached hydrogen (secondary N) is 1. The van der Waals surface area contributed by atoms with E-state index in [-0.39, 0.29) is 5.41 Å². The zero-order chi connectivity index (χ0) is 14.3. The van der Waals surface area contributed by atoms with E-state index in [0.29, 0.717) is 0 Å². The summed E-state index contributed by atoms with van der Waals surface area (Å²) in [5, 5.41) is 3.42. The van der Waals surface area contributed by atoms with Crippen LogP contribution in [-0.2, 0) is 18.4 Å². The van der Waals surface area contributed by atoms with Crippen molar-refractivity contribution < 1.29 is 0 Å². The molecule has 3 rings (SSSR count). The Morgan fingerprint density at radius 3 is 2.50 bits per heavy atom. The van der Waals surface area contributed by atoms with Gasteiger partial charge in [-0.05, 0) is 19.1 Å². The Hall–Kier alpha value is -1.61. The van der Waals surface area contributed by atoms with E-state index in [1.165, 1.54) is 22.6 Å². The second-order valence-electron chi connectivity index (χ2n) is 6.68. The topological polar surface area (TPSA) is 29.9 Å². The lowest BCUT2D eigenvalue weighted by Crippen LogP contribution is -2.25. The Balaban J connectivity index is 2.21. The summed E-state index contributed by atoms with van der Waals surface area (Å²) in [6, 6.07) is 8.76. The number of benzene rings is 1. The van der Waals surface area contributed by atoms with Gasteiger partial charge in [0.1, 0.15) is 5.82 Å². The number of hydrogen-bond donors (Lipinski definition) is 1. The summed E-state index contributed by atoms with van der Waals surface area (Å²) < 4.78 is 2.37. The number of rotatable bonds is 1. The lowest BCUT2D eigenvalue weighted by molar-refractivity contribution is 0.533. The minimum absolute atomic E-state index is 0.0439. The SMILES string of the molecule is Cc1ccc(-n2c(C(C)(C)C)nc3c2CCNC3)cc1. The summed E-state index contributed by atoms with van der Waals surface area (Å²) in [6.07, 6.45) is 1.05. The van der Waals surface area contributed by atoms with Gasteiger partial charge in [0, 0.05) is 36.3 Å². The molecule has 20 heavy (non-hydrogen) atoms. The van der Waals surface area contributed by atoms with Crippen molar-refractivity contribution in [2.24, 2.45) is 0 Å². The van der Waals surface area contributed by atoms with Crippen molar-refractivity contribution in [1.82, 2.24) is 14.9 Å². The number of nitrogens with zero attached hydrogens (tertiary/aromatic N) is 2. The number of aryl methyl sites for hydroxylation is 1. The molecule has 0 saturated heterocycles. The molecule has 0 fully saturated rings. The van der Waals surface area contributed by atoms with Gasteiger partial charge in [0.05, 0.1) is 5.69 Å². The molecule has 0 spiro atoms. The standard InChI is InChI=1S/C17H23N3/c1-12-5-7-13(8-6-12)20-15-9-10-18-11-14(15)19-16(20)17(2,3)4/h5-8,18H,9-11H2,1-4H3. The first-order valence-corrected chi connectivity index (χ1v) is 7.35. The monoisotopic (exact) mass is 269 g/mol. The van der Waals surface area contributed by atoms with E-state index in [1.807, 2.05) is 0 Å². The number of aromatic nitrogens is 2. The molecule has 3 heteroatoms. The highest BCUT2D eigenvalue weighted by Crippen LogP contribution is 2.29. The number of fused-ring (bicyclic) bond motifs is 1. The molecule has 3 nitrogen and oxygen atoms in total. The van der Waals surface area contributed by atoms with E-state index in [4.69, 9.17) is 4.98 Å². The summed E-state index contributed by atoms with van der Waals surface area (Å²) in [4.78, 5) is 4.92. The van der Waals surface area contributed by atoms with Gasteiger partial charge in [0.2, 0.25) is 0 Å². The van der Waals surface area contributed by atoms with Crippen LogP contribution in [-0.4, -0.2) is 16.1 Å². The van der Waals surface area contributed by atoms with Gasteiger partial charge in [-0.15, -0.1) is 0 Å². The van der Waals surface area contributed by atoms with Crippen molar-refractivity contribution in [2.75, 3.05) is 6.54 Å². The van der Waals surface area contributed by atoms with E-state index in [0.717, 1.165) is 25.3 Å². The van der Waals surface area contributed by atoms with Crippen LogP contribution in [0.25, 0.3) is 5.69 Å². The fourth-order valence-corrected chi connectivity index (χ4v) is 2.79. The van der Waals surface area contributed by atoms with Crippen LogP contribution in [0.2, 0.25) is 0 Å². The maximum atomic E-state index is 4.92. The Bertz CT molecular complexity index is 615. The minimum atomic E-state index is 0.0439. The van der Waals surface area contributed by atoms with Gasteiger partial charge in [0.25, 0.3) is 0 Å². The van der Waals surface area contributed by atoms with Crippen molar-refractivity contribution in [1.29, 1.82) is 0 Å². The third kappa shape index (κ3) is 2.27. The molecule has 2 heterocycles. The first-order valence-electron chi connectivity index (χ1n) is 7.35. The van der Waals surface area contributed by atoms with E-state index < -0.39 is 0 Å². The zero-order valence-electron chi connectivity index (χ0n) is 12.8. The number of imidazole rings is 1. The van der Waals surface area contributed by atoms with Crippen LogP contribution in [0.15, 0.2) is 24.3 Å². The molecule has 2 aromatic rings. The van der Waals surface area contributed by atoms with Crippen molar-refractivity contribution in [3.05, 3.63) is 47.0 Å². The van der Waals surface area contributed by atoms with Gasteiger partial charge >= 0.3 is 0 Å². The van der Waals surface area contributed by atoms with Crippen molar-refractivity contribution in [3.63, 3.8) is 0 Å². The molecular formula is C17H23N3. The predicted molar refractivity (Wildman–Crippen MR) is 82.4 cm³/mol. The van der Waals surface area contributed by atoms with Crippen LogP contribution in [0.5, 0.6) is 0 Å². The van der Waals surface area contributed by atoms with Crippen LogP contribution in [0, 0.1) is 6.92 Å². The van der Waals surface area contributed by atoms with Crippen LogP contribution in [0.3, 0.4) is 0 Å². The van der Waals surface area contributed by atoms with Crippen molar-refractivity contribution in [3.8, 4) is 5.69 Å². The Morgan fingerprint density at radius 2 is 1.85 bits per heavy atom. The fourth-order valence-electron chi connectivity index (χ4n) is 2.79. The molecule has 1 N–H and O–H groups in total. The predicted octanol–water partition coefficient (Wildman–Crippen LogP) is 3.12. The first kappa shape index (κ1) is 13.4. The number of hydrogen-bond acceptors (Lipinski definition) is 2. The normalized spacial score (nSPS) is 15.2.